The van der Waals surface area contributed by atoms with Gasteiger partial charge in [0.15, 0.2) is 16.6 Å². The molecule has 4 nitrogen and oxygen atoms in total. The molecule has 260 valence electrons. The molecule has 1 aromatic carbocycles. The molecule has 0 amide bonds. The monoisotopic (exact) mass is 694 g/mol. The van der Waals surface area contributed by atoms with Crippen molar-refractivity contribution in [3.8, 4) is 5.75 Å². The number of allylic oxidation sites excluding steroid dienone is 4. The molecule has 2 saturated carbocycles. The summed E-state index contributed by atoms with van der Waals surface area (Å²) in [5, 5.41) is 0.149. The van der Waals surface area contributed by atoms with Crippen molar-refractivity contribution in [1.29, 1.82) is 0 Å². The quantitative estimate of drug-likeness (QED) is 0.161. The molecule has 0 spiro atoms. The van der Waals surface area contributed by atoms with Crippen molar-refractivity contribution in [2.75, 3.05) is 0 Å². The third kappa shape index (κ3) is 6.87. The number of para-hydroxylation sites is 1. The SMILES string of the molecule is C[C@H](SC(=O)Oc1ccccc1)C1=CC[C@H]2C3=CC=C4C[C@@H](O[Si](C)(C)C(C)(C)C)C[C@H](O[Si](C)(C)C(C)(C)C)[C@]4(C)[C@H]3CC[C@]12C. The van der Waals surface area contributed by atoms with Gasteiger partial charge in [-0.25, -0.2) is 4.79 Å². The Morgan fingerprint density at radius 2 is 1.53 bits per heavy atom. The van der Waals surface area contributed by atoms with Gasteiger partial charge in [0, 0.05) is 10.7 Å². The molecule has 0 aromatic heterocycles. The first kappa shape index (κ1) is 36.9. The van der Waals surface area contributed by atoms with Crippen LogP contribution in [0.15, 0.2) is 65.3 Å². The predicted octanol–water partition coefficient (Wildman–Crippen LogP) is 12.1. The molecule has 0 bridgehead atoms. The van der Waals surface area contributed by atoms with Crippen LogP contribution in [0.4, 0.5) is 4.79 Å². The molecule has 0 heterocycles. The number of rotatable bonds is 7. The van der Waals surface area contributed by atoms with Gasteiger partial charge in [0.1, 0.15) is 5.75 Å². The lowest BCUT2D eigenvalue weighted by Gasteiger charge is -2.59. The van der Waals surface area contributed by atoms with Gasteiger partial charge in [0.2, 0.25) is 0 Å². The Kier molecular flexibility index (Phi) is 10.00. The fraction of sp³-hybridized carbons (Fsp3) is 0.675. The molecule has 0 radical (unpaired) electrons. The zero-order valence-corrected chi connectivity index (χ0v) is 34.4. The van der Waals surface area contributed by atoms with Gasteiger partial charge in [-0.15, -0.1) is 0 Å². The molecule has 0 saturated heterocycles. The van der Waals surface area contributed by atoms with E-state index in [9.17, 15) is 4.79 Å². The second-order valence-electron chi connectivity index (χ2n) is 18.3. The molecule has 1 aromatic rings. The van der Waals surface area contributed by atoms with E-state index < -0.39 is 16.6 Å². The number of benzene rings is 1. The fourth-order valence-electron chi connectivity index (χ4n) is 8.46. The summed E-state index contributed by atoms with van der Waals surface area (Å²) in [5.41, 5.74) is 4.55. The first-order valence-corrected chi connectivity index (χ1v) is 24.7. The van der Waals surface area contributed by atoms with Crippen molar-refractivity contribution < 1.29 is 18.4 Å². The lowest BCUT2D eigenvalue weighted by molar-refractivity contribution is -0.0386. The van der Waals surface area contributed by atoms with E-state index in [0.717, 1.165) is 32.1 Å². The molecule has 47 heavy (non-hydrogen) atoms. The summed E-state index contributed by atoms with van der Waals surface area (Å²) < 4.78 is 20.3. The highest BCUT2D eigenvalue weighted by Gasteiger charge is 2.59. The summed E-state index contributed by atoms with van der Waals surface area (Å²) >= 11 is 1.32. The smallest absolute Gasteiger partial charge is 0.373 e. The van der Waals surface area contributed by atoms with Gasteiger partial charge in [-0.05, 0) is 116 Å². The first-order valence-electron chi connectivity index (χ1n) is 18.0. The minimum Gasteiger partial charge on any atom is -0.418 e. The normalized spacial score (nSPS) is 31.9. The number of hydrogen-bond acceptors (Lipinski definition) is 5. The van der Waals surface area contributed by atoms with Gasteiger partial charge < -0.3 is 13.6 Å². The summed E-state index contributed by atoms with van der Waals surface area (Å²) in [6.45, 7) is 31.0. The molecular weight excluding hydrogens is 633 g/mol. The van der Waals surface area contributed by atoms with E-state index in [1.165, 1.54) is 22.9 Å². The number of fused-ring (bicyclic) bond motifs is 5. The number of carbonyl (C=O) groups is 1. The van der Waals surface area contributed by atoms with Crippen molar-refractivity contribution in [2.24, 2.45) is 22.7 Å². The number of carbonyl (C=O) groups excluding carboxylic acids is 1. The average Bonchev–Trinajstić information content (AvgIpc) is 3.30. The average molecular weight is 695 g/mol. The maximum absolute atomic E-state index is 12.9. The Balaban J connectivity index is 1.42. The van der Waals surface area contributed by atoms with Crippen LogP contribution in [0, 0.1) is 22.7 Å². The van der Waals surface area contributed by atoms with Crippen LogP contribution in [0.1, 0.15) is 94.4 Å². The van der Waals surface area contributed by atoms with Crippen molar-refractivity contribution in [2.45, 2.75) is 148 Å². The zero-order chi connectivity index (χ0) is 34.8. The number of ether oxygens (including phenoxy) is 1. The number of hydrogen-bond donors (Lipinski definition) is 0. The van der Waals surface area contributed by atoms with E-state index in [1.807, 2.05) is 30.3 Å². The Morgan fingerprint density at radius 3 is 2.15 bits per heavy atom. The summed E-state index contributed by atoms with van der Waals surface area (Å²) in [6.07, 6.45) is 13.0. The number of thioether (sulfide) groups is 1. The van der Waals surface area contributed by atoms with Crippen LogP contribution in [0.25, 0.3) is 0 Å². The molecule has 0 unspecified atom stereocenters. The van der Waals surface area contributed by atoms with Crippen molar-refractivity contribution in [3.05, 3.63) is 65.3 Å². The van der Waals surface area contributed by atoms with E-state index in [1.54, 1.807) is 5.57 Å². The van der Waals surface area contributed by atoms with E-state index in [0.29, 0.717) is 17.6 Å². The van der Waals surface area contributed by atoms with Crippen LogP contribution in [0.3, 0.4) is 0 Å². The molecule has 4 aliphatic rings. The summed E-state index contributed by atoms with van der Waals surface area (Å²) in [6, 6.07) is 9.40. The lowest BCUT2D eigenvalue weighted by atomic mass is 9.49. The largest absolute Gasteiger partial charge is 0.418 e. The predicted molar refractivity (Wildman–Crippen MR) is 204 cm³/mol. The zero-order valence-electron chi connectivity index (χ0n) is 31.6. The van der Waals surface area contributed by atoms with Crippen LogP contribution in [-0.4, -0.2) is 39.4 Å². The molecular formula is C40H62O4SSi2. The molecule has 0 aliphatic heterocycles. The highest BCUT2D eigenvalue weighted by Crippen LogP contribution is 2.65. The fourth-order valence-corrected chi connectivity index (χ4v) is 12.2. The molecule has 0 N–H and O–H groups in total. The van der Waals surface area contributed by atoms with Crippen LogP contribution >= 0.6 is 11.8 Å². The van der Waals surface area contributed by atoms with Crippen LogP contribution in [0.2, 0.25) is 36.3 Å². The van der Waals surface area contributed by atoms with E-state index in [2.05, 4.69) is 107 Å². The van der Waals surface area contributed by atoms with E-state index in [-0.39, 0.29) is 43.7 Å². The molecule has 4 aliphatic carbocycles. The third-order valence-corrected chi connectivity index (χ3v) is 23.3. The van der Waals surface area contributed by atoms with Crippen molar-refractivity contribution in [1.82, 2.24) is 0 Å². The lowest BCUT2D eigenvalue weighted by Crippen LogP contribution is -2.58. The maximum atomic E-state index is 12.9. The van der Waals surface area contributed by atoms with E-state index in [4.69, 9.17) is 13.6 Å². The van der Waals surface area contributed by atoms with Crippen LogP contribution in [-0.2, 0) is 8.85 Å². The second-order valence-corrected chi connectivity index (χ2v) is 29.1. The molecule has 7 heteroatoms. The Labute approximate surface area is 292 Å². The Hall–Kier alpha value is -1.39. The third-order valence-electron chi connectivity index (χ3n) is 13.4. The maximum Gasteiger partial charge on any atom is 0.373 e. The van der Waals surface area contributed by atoms with Gasteiger partial charge >= 0.3 is 5.30 Å². The van der Waals surface area contributed by atoms with E-state index >= 15 is 0 Å². The summed E-state index contributed by atoms with van der Waals surface area (Å²) in [4.78, 5) is 12.9. The van der Waals surface area contributed by atoms with Gasteiger partial charge in [-0.2, -0.15) is 0 Å². The van der Waals surface area contributed by atoms with Gasteiger partial charge in [-0.3, -0.25) is 0 Å². The highest BCUT2D eigenvalue weighted by atomic mass is 32.2. The summed E-state index contributed by atoms with van der Waals surface area (Å²) in [7, 11) is -4.00. The molecule has 2 fully saturated rings. The highest BCUT2D eigenvalue weighted by molar-refractivity contribution is 8.14. The minimum absolute atomic E-state index is 0.0436. The minimum atomic E-state index is -2.06. The second kappa shape index (κ2) is 12.7. The van der Waals surface area contributed by atoms with Crippen molar-refractivity contribution in [3.63, 3.8) is 0 Å². The van der Waals surface area contributed by atoms with Crippen LogP contribution in [0.5, 0.6) is 5.75 Å². The first-order chi connectivity index (χ1) is 21.6. The summed E-state index contributed by atoms with van der Waals surface area (Å²) in [5.74, 6) is 1.51. The Bertz CT molecular complexity index is 1430. The molecule has 5 rings (SSSR count). The van der Waals surface area contributed by atoms with Crippen molar-refractivity contribution >= 4 is 33.7 Å². The topological polar surface area (TPSA) is 44.8 Å². The molecule has 7 atom stereocenters. The van der Waals surface area contributed by atoms with Gasteiger partial charge in [-0.1, -0.05) is 109 Å². The Morgan fingerprint density at radius 1 is 0.915 bits per heavy atom. The van der Waals surface area contributed by atoms with Gasteiger partial charge in [0.25, 0.3) is 0 Å². The standard InChI is InChI=1S/C40H62O4SSi2/c1-27(45-36(41)42-29-17-15-14-16-18-29)32-21-22-33-31-20-19-28-25-30(43-46(10,11)37(2,3)4)26-35(44-47(12,13)38(5,6)7)40(28,9)34(31)23-24-39(32,33)8/h14-21,27,30,33-35H,22-26H2,1-13H3/t27-,30+,33-,34-,35-,39+,40-/m0/s1. The van der Waals surface area contributed by atoms with Crippen LogP contribution < -0.4 is 4.74 Å². The van der Waals surface area contributed by atoms with Gasteiger partial charge in [0.05, 0.1) is 12.2 Å².